The van der Waals surface area contributed by atoms with Crippen molar-refractivity contribution in [1.82, 2.24) is 19.6 Å². The Morgan fingerprint density at radius 3 is 2.26 bits per heavy atom. The van der Waals surface area contributed by atoms with Crippen LogP contribution in [0.2, 0.25) is 5.02 Å². The lowest BCUT2D eigenvalue weighted by molar-refractivity contribution is -0.308. The van der Waals surface area contributed by atoms with E-state index >= 15 is 0 Å². The molecule has 1 saturated heterocycles. The van der Waals surface area contributed by atoms with Gasteiger partial charge in [0, 0.05) is 49.5 Å². The van der Waals surface area contributed by atoms with Crippen molar-refractivity contribution >= 4 is 23.7 Å². The number of halogens is 7. The van der Waals surface area contributed by atoms with Crippen LogP contribution in [0.4, 0.5) is 31.1 Å². The number of piperazine rings is 1. The van der Waals surface area contributed by atoms with E-state index in [4.69, 9.17) is 16.7 Å². The normalized spacial score (nSPS) is 15.5. The van der Waals surface area contributed by atoms with Gasteiger partial charge in [-0.25, -0.2) is 4.79 Å². The molecule has 0 saturated carbocycles. The minimum absolute atomic E-state index is 0.141. The standard InChI is InChI=1S/C20H19ClF6N4O4/c21-13-2-1-12(14(9-13)15-3-4-31(28-15)11-16(32)33)10-29-5-7-30(8-6-29)18(34)35-17(19(22,23)24)20(25,26)27/h1-4,9,17H,5-8,10-11H2,(H,32,33). The highest BCUT2D eigenvalue weighted by Gasteiger charge is 2.60. The molecule has 1 aromatic carbocycles. The van der Waals surface area contributed by atoms with Gasteiger partial charge < -0.3 is 14.7 Å². The number of aromatic nitrogens is 2. The quantitative estimate of drug-likeness (QED) is 0.570. The third-order valence-electron chi connectivity index (χ3n) is 5.12. The minimum Gasteiger partial charge on any atom is -0.480 e. The van der Waals surface area contributed by atoms with Crippen LogP contribution in [-0.2, 0) is 22.6 Å². The fourth-order valence-electron chi connectivity index (χ4n) is 3.48. The molecule has 0 radical (unpaired) electrons. The summed E-state index contributed by atoms with van der Waals surface area (Å²) in [4.78, 5) is 25.5. The summed E-state index contributed by atoms with van der Waals surface area (Å²) in [5, 5.41) is 13.5. The van der Waals surface area contributed by atoms with Crippen LogP contribution in [0.25, 0.3) is 11.3 Å². The zero-order valence-corrected chi connectivity index (χ0v) is 18.6. The fraction of sp³-hybridized carbons (Fsp3) is 0.450. The van der Waals surface area contributed by atoms with Crippen molar-refractivity contribution in [2.75, 3.05) is 26.2 Å². The molecule has 0 bridgehead atoms. The zero-order chi connectivity index (χ0) is 26.0. The van der Waals surface area contributed by atoms with Gasteiger partial charge in [-0.15, -0.1) is 0 Å². The summed E-state index contributed by atoms with van der Waals surface area (Å²) in [7, 11) is 0. The van der Waals surface area contributed by atoms with Crippen molar-refractivity contribution in [1.29, 1.82) is 0 Å². The first-order chi connectivity index (χ1) is 16.2. The molecule has 1 aliphatic rings. The number of benzene rings is 1. The number of carbonyl (C=O) groups excluding carboxylic acids is 1. The number of nitrogens with zero attached hydrogens (tertiary/aromatic N) is 4. The number of rotatable bonds is 6. The van der Waals surface area contributed by atoms with Gasteiger partial charge in [0.25, 0.3) is 6.10 Å². The van der Waals surface area contributed by atoms with Crippen LogP contribution < -0.4 is 0 Å². The van der Waals surface area contributed by atoms with E-state index in [9.17, 15) is 35.9 Å². The molecule has 0 spiro atoms. The Morgan fingerprint density at radius 2 is 1.69 bits per heavy atom. The Labute approximate surface area is 199 Å². The molecule has 1 N–H and O–H groups in total. The molecule has 1 fully saturated rings. The molecular weight excluding hydrogens is 510 g/mol. The van der Waals surface area contributed by atoms with Crippen molar-refractivity contribution in [3.8, 4) is 11.3 Å². The lowest BCUT2D eigenvalue weighted by atomic mass is 10.0. The maximum absolute atomic E-state index is 12.6. The second kappa shape index (κ2) is 10.3. The molecule has 8 nitrogen and oxygen atoms in total. The Balaban J connectivity index is 1.65. The second-order valence-electron chi connectivity index (χ2n) is 7.70. The number of hydrogen-bond acceptors (Lipinski definition) is 5. The maximum atomic E-state index is 12.6. The van der Waals surface area contributed by atoms with Crippen molar-refractivity contribution in [2.24, 2.45) is 0 Å². The lowest BCUT2D eigenvalue weighted by Gasteiger charge is -2.35. The monoisotopic (exact) mass is 528 g/mol. The zero-order valence-electron chi connectivity index (χ0n) is 17.8. The Morgan fingerprint density at radius 1 is 1.06 bits per heavy atom. The molecule has 2 heterocycles. The van der Waals surface area contributed by atoms with Crippen molar-refractivity contribution < 1.29 is 45.8 Å². The molecule has 0 aliphatic carbocycles. The van der Waals surface area contributed by atoms with Crippen LogP contribution in [-0.4, -0.2) is 81.4 Å². The number of carboxylic acid groups (broad SMARTS) is 1. The largest absolute Gasteiger partial charge is 0.480 e. The predicted molar refractivity (Wildman–Crippen MR) is 110 cm³/mol. The lowest BCUT2D eigenvalue weighted by Crippen LogP contribution is -2.52. The van der Waals surface area contributed by atoms with Crippen LogP contribution in [0, 0.1) is 0 Å². The first-order valence-corrected chi connectivity index (χ1v) is 10.5. The highest BCUT2D eigenvalue weighted by molar-refractivity contribution is 6.30. The molecule has 15 heteroatoms. The first-order valence-electron chi connectivity index (χ1n) is 10.1. The molecule has 1 aliphatic heterocycles. The molecule has 192 valence electrons. The van der Waals surface area contributed by atoms with Crippen LogP contribution in [0.15, 0.2) is 30.5 Å². The highest BCUT2D eigenvalue weighted by atomic mass is 35.5. The van der Waals surface area contributed by atoms with Gasteiger partial charge in [-0.2, -0.15) is 31.4 Å². The van der Waals surface area contributed by atoms with Crippen molar-refractivity contribution in [3.63, 3.8) is 0 Å². The van der Waals surface area contributed by atoms with E-state index in [1.807, 2.05) is 4.90 Å². The molecule has 0 unspecified atom stereocenters. The smallest absolute Gasteiger partial charge is 0.434 e. The van der Waals surface area contributed by atoms with Gasteiger partial charge in [-0.05, 0) is 23.8 Å². The molecule has 35 heavy (non-hydrogen) atoms. The number of alkyl halides is 6. The topological polar surface area (TPSA) is 87.9 Å². The van der Waals surface area contributed by atoms with Crippen LogP contribution in [0.1, 0.15) is 5.56 Å². The number of hydrogen-bond donors (Lipinski definition) is 1. The average Bonchev–Trinajstić information content (AvgIpc) is 3.19. The second-order valence-corrected chi connectivity index (χ2v) is 8.14. The summed E-state index contributed by atoms with van der Waals surface area (Å²) in [5.74, 6) is -1.07. The van der Waals surface area contributed by atoms with Gasteiger partial charge in [0.15, 0.2) is 0 Å². The molecular formula is C20H19ClF6N4O4. The molecule has 1 aromatic heterocycles. The molecule has 3 rings (SSSR count). The molecule has 1 amide bonds. The molecule has 0 atom stereocenters. The van der Waals surface area contributed by atoms with Gasteiger partial charge in [-0.3, -0.25) is 14.4 Å². The summed E-state index contributed by atoms with van der Waals surface area (Å²) in [5.41, 5.74) is 1.85. The predicted octanol–water partition coefficient (Wildman–Crippen LogP) is 4.04. The fourth-order valence-corrected chi connectivity index (χ4v) is 3.65. The minimum atomic E-state index is -5.78. The van der Waals surface area contributed by atoms with Gasteiger partial charge in [0.05, 0.1) is 5.69 Å². The van der Waals surface area contributed by atoms with E-state index in [0.29, 0.717) is 22.8 Å². The Bertz CT molecular complexity index is 1050. The van der Waals surface area contributed by atoms with Crippen molar-refractivity contribution in [2.45, 2.75) is 31.5 Å². The van der Waals surface area contributed by atoms with E-state index in [1.165, 1.54) is 10.9 Å². The summed E-state index contributed by atoms with van der Waals surface area (Å²) in [6.07, 6.45) is -16.0. The Kier molecular flexibility index (Phi) is 7.84. The van der Waals surface area contributed by atoms with E-state index < -0.39 is 30.5 Å². The van der Waals surface area contributed by atoms with Gasteiger partial charge in [0.2, 0.25) is 0 Å². The summed E-state index contributed by atoms with van der Waals surface area (Å²) < 4.78 is 80.9. The number of amides is 1. The average molecular weight is 529 g/mol. The number of carbonyl (C=O) groups is 2. The van der Waals surface area contributed by atoms with E-state index in [2.05, 4.69) is 9.84 Å². The number of aliphatic carboxylic acids is 1. The summed E-state index contributed by atoms with van der Waals surface area (Å²) in [6, 6.07) is 6.62. The van der Waals surface area contributed by atoms with Crippen molar-refractivity contribution in [3.05, 3.63) is 41.0 Å². The van der Waals surface area contributed by atoms with Gasteiger partial charge >= 0.3 is 24.4 Å². The highest BCUT2D eigenvalue weighted by Crippen LogP contribution is 2.36. The van der Waals surface area contributed by atoms with E-state index in [-0.39, 0.29) is 32.7 Å². The van der Waals surface area contributed by atoms with Crippen LogP contribution in [0.3, 0.4) is 0 Å². The van der Waals surface area contributed by atoms with E-state index in [0.717, 1.165) is 10.5 Å². The third-order valence-corrected chi connectivity index (χ3v) is 5.36. The summed E-state index contributed by atoms with van der Waals surface area (Å²) in [6.45, 7) is 0.0158. The van der Waals surface area contributed by atoms with E-state index in [1.54, 1.807) is 24.3 Å². The number of ether oxygens (including phenoxy) is 1. The maximum Gasteiger partial charge on any atom is 0.434 e. The first kappa shape index (κ1) is 26.6. The van der Waals surface area contributed by atoms with Crippen LogP contribution >= 0.6 is 11.6 Å². The summed E-state index contributed by atoms with van der Waals surface area (Å²) >= 11 is 6.10. The number of carboxylic acids is 1. The van der Waals surface area contributed by atoms with Crippen LogP contribution in [0.5, 0.6) is 0 Å². The Hall–Kier alpha value is -3.00. The SMILES string of the molecule is O=C(O)Cn1ccc(-c2cc(Cl)ccc2CN2CCN(C(=O)OC(C(F)(F)F)C(F)(F)F)CC2)n1. The van der Waals surface area contributed by atoms with Gasteiger partial charge in [-0.1, -0.05) is 17.7 Å². The third kappa shape index (κ3) is 7.01. The molecule has 2 aromatic rings. The van der Waals surface area contributed by atoms with Gasteiger partial charge in [0.1, 0.15) is 6.54 Å².